The SMILES string of the molecule is CC(CCC(C)c1ccc(-c2cccs2)nc1)c1ccc(Cl)nc1. The zero-order valence-electron chi connectivity index (χ0n) is 13.9. The summed E-state index contributed by atoms with van der Waals surface area (Å²) in [7, 11) is 0. The fraction of sp³-hybridized carbons (Fsp3) is 0.300. The second kappa shape index (κ2) is 7.91. The van der Waals surface area contributed by atoms with Crippen LogP contribution in [0.25, 0.3) is 10.6 Å². The van der Waals surface area contributed by atoms with E-state index in [1.807, 2.05) is 18.5 Å². The van der Waals surface area contributed by atoms with E-state index in [0.29, 0.717) is 17.0 Å². The minimum absolute atomic E-state index is 0.482. The molecule has 0 N–H and O–H groups in total. The summed E-state index contributed by atoms with van der Waals surface area (Å²) in [6.07, 6.45) is 6.16. The third-order valence-electron chi connectivity index (χ3n) is 4.48. The zero-order chi connectivity index (χ0) is 16.9. The van der Waals surface area contributed by atoms with Crippen molar-refractivity contribution in [3.63, 3.8) is 0 Å². The van der Waals surface area contributed by atoms with E-state index in [2.05, 4.69) is 59.5 Å². The van der Waals surface area contributed by atoms with Crippen LogP contribution in [-0.2, 0) is 0 Å². The fourth-order valence-electron chi connectivity index (χ4n) is 2.78. The molecule has 2 atom stereocenters. The summed E-state index contributed by atoms with van der Waals surface area (Å²) < 4.78 is 0. The molecule has 0 aliphatic carbocycles. The van der Waals surface area contributed by atoms with Crippen molar-refractivity contribution in [3.05, 3.63) is 70.5 Å². The molecule has 0 aliphatic heterocycles. The van der Waals surface area contributed by atoms with Gasteiger partial charge in [-0.25, -0.2) is 4.98 Å². The van der Waals surface area contributed by atoms with Crippen LogP contribution < -0.4 is 0 Å². The molecule has 0 amide bonds. The van der Waals surface area contributed by atoms with Gasteiger partial charge in [-0.15, -0.1) is 11.3 Å². The lowest BCUT2D eigenvalue weighted by Gasteiger charge is -2.16. The molecule has 4 heteroatoms. The number of hydrogen-bond acceptors (Lipinski definition) is 3. The van der Waals surface area contributed by atoms with Gasteiger partial charge in [0.1, 0.15) is 5.15 Å². The van der Waals surface area contributed by atoms with E-state index >= 15 is 0 Å². The molecule has 3 rings (SSSR count). The van der Waals surface area contributed by atoms with Gasteiger partial charge in [-0.2, -0.15) is 0 Å². The van der Waals surface area contributed by atoms with Crippen LogP contribution in [0, 0.1) is 0 Å². The quantitative estimate of drug-likeness (QED) is 0.468. The van der Waals surface area contributed by atoms with E-state index in [0.717, 1.165) is 18.5 Å². The van der Waals surface area contributed by atoms with Gasteiger partial charge in [0.25, 0.3) is 0 Å². The molecule has 0 fully saturated rings. The first-order valence-electron chi connectivity index (χ1n) is 8.25. The van der Waals surface area contributed by atoms with Crippen molar-refractivity contribution in [1.29, 1.82) is 0 Å². The number of halogens is 1. The molecule has 0 bridgehead atoms. The van der Waals surface area contributed by atoms with Gasteiger partial charge < -0.3 is 0 Å². The summed E-state index contributed by atoms with van der Waals surface area (Å²) in [5.41, 5.74) is 3.61. The Morgan fingerprint density at radius 2 is 1.58 bits per heavy atom. The van der Waals surface area contributed by atoms with Gasteiger partial charge >= 0.3 is 0 Å². The van der Waals surface area contributed by atoms with E-state index < -0.39 is 0 Å². The van der Waals surface area contributed by atoms with Crippen LogP contribution in [0.5, 0.6) is 0 Å². The number of aromatic nitrogens is 2. The lowest BCUT2D eigenvalue weighted by Crippen LogP contribution is -2.00. The largest absolute Gasteiger partial charge is 0.255 e. The van der Waals surface area contributed by atoms with Crippen LogP contribution in [0.1, 0.15) is 49.7 Å². The molecule has 3 heterocycles. The standard InChI is InChI=1S/C20H21ClN2S/c1-14(5-6-15(2)17-8-10-20(21)23-13-17)16-7-9-18(22-12-16)19-4-3-11-24-19/h3-4,7-15H,5-6H2,1-2H3. The molecule has 124 valence electrons. The van der Waals surface area contributed by atoms with Crippen LogP contribution >= 0.6 is 22.9 Å². The van der Waals surface area contributed by atoms with Gasteiger partial charge in [-0.3, -0.25) is 4.98 Å². The Bertz CT molecular complexity index is 751. The van der Waals surface area contributed by atoms with Crippen molar-refractivity contribution in [2.24, 2.45) is 0 Å². The Morgan fingerprint density at radius 1 is 0.917 bits per heavy atom. The van der Waals surface area contributed by atoms with Gasteiger partial charge in [0.15, 0.2) is 0 Å². The van der Waals surface area contributed by atoms with E-state index in [1.165, 1.54) is 16.0 Å². The van der Waals surface area contributed by atoms with Crippen molar-refractivity contribution in [2.75, 3.05) is 0 Å². The Kier molecular flexibility index (Phi) is 5.64. The van der Waals surface area contributed by atoms with Crippen molar-refractivity contribution in [2.45, 2.75) is 38.5 Å². The van der Waals surface area contributed by atoms with Gasteiger partial charge in [-0.05, 0) is 59.4 Å². The normalized spacial score (nSPS) is 13.6. The zero-order valence-corrected chi connectivity index (χ0v) is 15.5. The van der Waals surface area contributed by atoms with Gasteiger partial charge in [0.05, 0.1) is 10.6 Å². The van der Waals surface area contributed by atoms with E-state index in [1.54, 1.807) is 11.3 Å². The third-order valence-corrected chi connectivity index (χ3v) is 5.60. The first-order chi connectivity index (χ1) is 11.6. The maximum Gasteiger partial charge on any atom is 0.129 e. The lowest BCUT2D eigenvalue weighted by atomic mass is 9.90. The molecule has 3 aromatic rings. The minimum Gasteiger partial charge on any atom is -0.255 e. The summed E-state index contributed by atoms with van der Waals surface area (Å²) >= 11 is 7.58. The predicted molar refractivity (Wildman–Crippen MR) is 103 cm³/mol. The smallest absolute Gasteiger partial charge is 0.129 e. The number of nitrogens with zero attached hydrogens (tertiary/aromatic N) is 2. The van der Waals surface area contributed by atoms with Crippen molar-refractivity contribution >= 4 is 22.9 Å². The third kappa shape index (κ3) is 4.22. The summed E-state index contributed by atoms with van der Waals surface area (Å²) in [5.74, 6) is 0.980. The van der Waals surface area contributed by atoms with Crippen LogP contribution in [0.2, 0.25) is 5.15 Å². The Balaban J connectivity index is 1.58. The van der Waals surface area contributed by atoms with Crippen molar-refractivity contribution in [3.8, 4) is 10.6 Å². The molecule has 0 radical (unpaired) electrons. The maximum atomic E-state index is 5.86. The summed E-state index contributed by atoms with van der Waals surface area (Å²) in [6, 6.07) is 12.4. The molecule has 0 aliphatic rings. The molecule has 2 unspecified atom stereocenters. The summed E-state index contributed by atoms with van der Waals surface area (Å²) in [6.45, 7) is 4.52. The highest BCUT2D eigenvalue weighted by atomic mass is 35.5. The first kappa shape index (κ1) is 17.1. The Morgan fingerprint density at radius 3 is 2.08 bits per heavy atom. The lowest BCUT2D eigenvalue weighted by molar-refractivity contribution is 0.572. The van der Waals surface area contributed by atoms with E-state index in [9.17, 15) is 0 Å². The molecule has 0 aromatic carbocycles. The Labute approximate surface area is 152 Å². The molecule has 0 spiro atoms. The average Bonchev–Trinajstić information content (AvgIpc) is 3.15. The van der Waals surface area contributed by atoms with Crippen LogP contribution in [0.15, 0.2) is 54.2 Å². The van der Waals surface area contributed by atoms with Crippen molar-refractivity contribution < 1.29 is 0 Å². The number of pyridine rings is 2. The molecular formula is C20H21ClN2S. The van der Waals surface area contributed by atoms with Gasteiger partial charge in [0, 0.05) is 12.4 Å². The van der Waals surface area contributed by atoms with Crippen LogP contribution in [0.4, 0.5) is 0 Å². The van der Waals surface area contributed by atoms with Gasteiger partial charge in [-0.1, -0.05) is 43.6 Å². The van der Waals surface area contributed by atoms with E-state index in [-0.39, 0.29) is 0 Å². The molecule has 24 heavy (non-hydrogen) atoms. The summed E-state index contributed by atoms with van der Waals surface area (Å²) in [5, 5.41) is 2.64. The molecule has 2 nitrogen and oxygen atoms in total. The second-order valence-corrected chi connectivity index (χ2v) is 7.58. The van der Waals surface area contributed by atoms with Crippen molar-refractivity contribution in [1.82, 2.24) is 9.97 Å². The molecule has 0 saturated carbocycles. The minimum atomic E-state index is 0.482. The highest BCUT2D eigenvalue weighted by molar-refractivity contribution is 7.13. The Hall–Kier alpha value is -1.71. The fourth-order valence-corrected chi connectivity index (χ4v) is 3.59. The molecular weight excluding hydrogens is 336 g/mol. The van der Waals surface area contributed by atoms with E-state index in [4.69, 9.17) is 11.6 Å². The van der Waals surface area contributed by atoms with Crippen LogP contribution in [0.3, 0.4) is 0 Å². The maximum absolute atomic E-state index is 5.86. The predicted octanol–water partition coefficient (Wildman–Crippen LogP) is 6.55. The average molecular weight is 357 g/mol. The number of rotatable bonds is 6. The molecule has 3 aromatic heterocycles. The topological polar surface area (TPSA) is 25.8 Å². The first-order valence-corrected chi connectivity index (χ1v) is 9.50. The molecule has 0 saturated heterocycles. The van der Waals surface area contributed by atoms with Crippen LogP contribution in [-0.4, -0.2) is 9.97 Å². The monoisotopic (exact) mass is 356 g/mol. The van der Waals surface area contributed by atoms with Gasteiger partial charge in [0.2, 0.25) is 0 Å². The second-order valence-electron chi connectivity index (χ2n) is 6.25. The summed E-state index contributed by atoms with van der Waals surface area (Å²) in [4.78, 5) is 10.0. The number of thiophene rings is 1. The highest BCUT2D eigenvalue weighted by Crippen LogP contribution is 2.29. The number of hydrogen-bond donors (Lipinski definition) is 0. The highest BCUT2D eigenvalue weighted by Gasteiger charge is 2.11.